The number of nitrogens with zero attached hydrogens (tertiary/aromatic N) is 2. The molecular weight excluding hydrogens is 502 g/mol. The van der Waals surface area contributed by atoms with Crippen molar-refractivity contribution in [1.29, 1.82) is 5.26 Å². The number of thiophene rings is 2. The standard InChI is InChI=1S/C25H17N3O4S3/c1-14-4-2-3-5-15(14)13-32-24(31)27-21-18(12-26)28-35-19(21)7-6-17-10-16-11-20(34-22(16)33-17)25(8-9-25)23(29)30/h2-5,10-11H,8-9,13H2,1H3,(H,27,31)(H,29,30). The first kappa shape index (κ1) is 23.1. The number of amides is 1. The molecule has 1 fully saturated rings. The van der Waals surface area contributed by atoms with Gasteiger partial charge in [-0.2, -0.15) is 9.64 Å². The normalized spacial score (nSPS) is 13.5. The lowest BCUT2D eigenvalue weighted by Gasteiger charge is -2.08. The van der Waals surface area contributed by atoms with Crippen LogP contribution in [0.5, 0.6) is 0 Å². The van der Waals surface area contributed by atoms with Gasteiger partial charge in [-0.05, 0) is 66.4 Å². The van der Waals surface area contributed by atoms with Crippen LogP contribution in [0.15, 0.2) is 36.4 Å². The maximum atomic E-state index is 12.4. The van der Waals surface area contributed by atoms with E-state index in [1.807, 2.05) is 49.4 Å². The molecule has 1 saturated carbocycles. The number of aliphatic carboxylic acids is 1. The summed E-state index contributed by atoms with van der Waals surface area (Å²) in [6.45, 7) is 2.04. The lowest BCUT2D eigenvalue weighted by Crippen LogP contribution is -2.17. The number of carboxylic acid groups (broad SMARTS) is 1. The molecule has 0 saturated heterocycles. The molecule has 10 heteroatoms. The summed E-state index contributed by atoms with van der Waals surface area (Å²) < 4.78 is 10.4. The largest absolute Gasteiger partial charge is 0.481 e. The summed E-state index contributed by atoms with van der Waals surface area (Å²) in [7, 11) is 0. The Morgan fingerprint density at radius 1 is 1.23 bits per heavy atom. The molecule has 7 nitrogen and oxygen atoms in total. The van der Waals surface area contributed by atoms with E-state index < -0.39 is 17.5 Å². The highest BCUT2D eigenvalue weighted by molar-refractivity contribution is 7.38. The molecule has 1 aliphatic carbocycles. The van der Waals surface area contributed by atoms with Crippen LogP contribution in [0.3, 0.4) is 0 Å². The van der Waals surface area contributed by atoms with Gasteiger partial charge in [-0.25, -0.2) is 4.79 Å². The summed E-state index contributed by atoms with van der Waals surface area (Å²) in [6, 6.07) is 13.5. The summed E-state index contributed by atoms with van der Waals surface area (Å²) in [5.74, 6) is 5.32. The molecule has 1 amide bonds. The van der Waals surface area contributed by atoms with Crippen molar-refractivity contribution in [2.75, 3.05) is 5.32 Å². The number of hydrogen-bond acceptors (Lipinski definition) is 8. The van der Waals surface area contributed by atoms with Gasteiger partial charge in [0, 0.05) is 10.3 Å². The maximum Gasteiger partial charge on any atom is 0.412 e. The van der Waals surface area contributed by atoms with Crippen molar-refractivity contribution in [3.05, 3.63) is 67.9 Å². The molecule has 2 N–H and O–H groups in total. The SMILES string of the molecule is Cc1ccccc1COC(=O)Nc1c(C#N)nsc1C#Cc1cc2cc(C3(C(=O)O)CC3)sc2s1. The Balaban J connectivity index is 1.32. The Morgan fingerprint density at radius 3 is 2.71 bits per heavy atom. The van der Waals surface area contributed by atoms with Crippen molar-refractivity contribution in [3.63, 3.8) is 0 Å². The number of ether oxygens (including phenoxy) is 1. The number of aryl methyl sites for hydroxylation is 1. The number of benzene rings is 1. The van der Waals surface area contributed by atoms with Crippen molar-refractivity contribution < 1.29 is 19.4 Å². The second kappa shape index (κ2) is 9.16. The first-order valence-corrected chi connectivity index (χ1v) is 13.0. The van der Waals surface area contributed by atoms with E-state index in [-0.39, 0.29) is 18.0 Å². The van der Waals surface area contributed by atoms with Gasteiger partial charge >= 0.3 is 12.1 Å². The average molecular weight is 520 g/mol. The van der Waals surface area contributed by atoms with E-state index in [0.29, 0.717) is 17.7 Å². The number of rotatable bonds is 5. The fourth-order valence-electron chi connectivity index (χ4n) is 3.57. The topological polar surface area (TPSA) is 112 Å². The van der Waals surface area contributed by atoms with Crippen molar-refractivity contribution in [1.82, 2.24) is 4.37 Å². The van der Waals surface area contributed by atoms with Gasteiger partial charge in [0.25, 0.3) is 0 Å². The number of aromatic nitrogens is 1. The van der Waals surface area contributed by atoms with E-state index in [4.69, 9.17) is 4.74 Å². The van der Waals surface area contributed by atoms with Crippen molar-refractivity contribution in [2.45, 2.75) is 31.8 Å². The summed E-state index contributed by atoms with van der Waals surface area (Å²) in [5, 5.41) is 22.5. The fraction of sp³-hybridized carbons (Fsp3) is 0.200. The quantitative estimate of drug-likeness (QED) is 0.319. The smallest absolute Gasteiger partial charge is 0.412 e. The zero-order valence-corrected chi connectivity index (χ0v) is 20.8. The molecule has 0 radical (unpaired) electrons. The fourth-order valence-corrected chi connectivity index (χ4v) is 6.75. The van der Waals surface area contributed by atoms with Crippen LogP contribution >= 0.6 is 34.2 Å². The molecule has 3 aromatic heterocycles. The molecule has 0 spiro atoms. The minimum Gasteiger partial charge on any atom is -0.481 e. The molecule has 5 rings (SSSR count). The van der Waals surface area contributed by atoms with Crippen LogP contribution in [-0.2, 0) is 21.6 Å². The average Bonchev–Trinajstić information content (AvgIpc) is 3.23. The second-order valence-electron chi connectivity index (χ2n) is 8.08. The Labute approximate surface area is 212 Å². The molecule has 0 aliphatic heterocycles. The molecule has 3 heterocycles. The van der Waals surface area contributed by atoms with Gasteiger partial charge in [-0.3, -0.25) is 10.1 Å². The van der Waals surface area contributed by atoms with Crippen molar-refractivity contribution in [3.8, 4) is 17.9 Å². The Hall–Kier alpha value is -3.70. The van der Waals surface area contributed by atoms with Crippen LogP contribution in [0.4, 0.5) is 10.5 Å². The van der Waals surface area contributed by atoms with Crippen LogP contribution in [-0.4, -0.2) is 21.5 Å². The zero-order valence-electron chi connectivity index (χ0n) is 18.4. The van der Waals surface area contributed by atoms with Crippen LogP contribution < -0.4 is 5.32 Å². The lowest BCUT2D eigenvalue weighted by atomic mass is 10.1. The number of anilines is 1. The van der Waals surface area contributed by atoms with E-state index in [9.17, 15) is 20.0 Å². The van der Waals surface area contributed by atoms with Gasteiger partial charge in [0.1, 0.15) is 28.7 Å². The van der Waals surface area contributed by atoms with E-state index in [0.717, 1.165) is 41.8 Å². The molecule has 4 aromatic rings. The molecule has 1 aromatic carbocycles. The maximum absolute atomic E-state index is 12.4. The molecule has 0 atom stereocenters. The van der Waals surface area contributed by atoms with Crippen molar-refractivity contribution >= 4 is 61.4 Å². The van der Waals surface area contributed by atoms with Gasteiger partial charge < -0.3 is 9.84 Å². The van der Waals surface area contributed by atoms with Gasteiger partial charge in [0.2, 0.25) is 0 Å². The van der Waals surface area contributed by atoms with E-state index in [1.54, 1.807) is 0 Å². The molecule has 0 unspecified atom stereocenters. The Kier molecular flexibility index (Phi) is 6.03. The highest BCUT2D eigenvalue weighted by Gasteiger charge is 2.53. The number of carbonyl (C=O) groups excluding carboxylic acids is 1. The Bertz CT molecular complexity index is 1540. The number of nitriles is 1. The van der Waals surface area contributed by atoms with Crippen LogP contribution in [0.1, 0.15) is 44.3 Å². The second-order valence-corrected chi connectivity index (χ2v) is 11.2. The first-order valence-electron chi connectivity index (χ1n) is 10.6. The number of carbonyl (C=O) groups is 2. The highest BCUT2D eigenvalue weighted by Crippen LogP contribution is 2.52. The molecule has 35 heavy (non-hydrogen) atoms. The number of hydrogen-bond donors (Lipinski definition) is 2. The number of carboxylic acids is 1. The summed E-state index contributed by atoms with van der Waals surface area (Å²) in [6.07, 6.45) is 0.668. The summed E-state index contributed by atoms with van der Waals surface area (Å²) >= 11 is 4.03. The minimum absolute atomic E-state index is 0.0762. The summed E-state index contributed by atoms with van der Waals surface area (Å²) in [5.41, 5.74) is 1.51. The van der Waals surface area contributed by atoms with Crippen molar-refractivity contribution in [2.24, 2.45) is 0 Å². The third-order valence-corrected chi connectivity index (χ3v) is 9.06. The Morgan fingerprint density at radius 2 is 2.03 bits per heavy atom. The first-order chi connectivity index (χ1) is 16.9. The van der Waals surface area contributed by atoms with E-state index in [1.165, 1.54) is 22.7 Å². The van der Waals surface area contributed by atoms with Gasteiger partial charge in [-0.1, -0.05) is 24.3 Å². The minimum atomic E-state index is -0.762. The van der Waals surface area contributed by atoms with E-state index in [2.05, 4.69) is 21.5 Å². The zero-order chi connectivity index (χ0) is 24.6. The highest BCUT2D eigenvalue weighted by atomic mass is 32.2. The van der Waals surface area contributed by atoms with Gasteiger partial charge in [0.05, 0.1) is 8.89 Å². The van der Waals surface area contributed by atoms with Crippen LogP contribution in [0.25, 0.3) is 9.40 Å². The third kappa shape index (κ3) is 4.52. The molecule has 174 valence electrons. The molecular formula is C25H17N3O4S3. The van der Waals surface area contributed by atoms with Crippen LogP contribution in [0.2, 0.25) is 0 Å². The molecule has 0 bridgehead atoms. The monoisotopic (exact) mass is 519 g/mol. The summed E-state index contributed by atoms with van der Waals surface area (Å²) in [4.78, 5) is 26.1. The number of nitrogens with one attached hydrogen (secondary N) is 1. The third-order valence-electron chi connectivity index (χ3n) is 5.79. The van der Waals surface area contributed by atoms with E-state index >= 15 is 0 Å². The lowest BCUT2D eigenvalue weighted by molar-refractivity contribution is -0.139. The van der Waals surface area contributed by atoms with Gasteiger partial charge in [0.15, 0.2) is 5.69 Å². The molecule has 1 aliphatic rings. The number of fused-ring (bicyclic) bond motifs is 1. The predicted octanol–water partition coefficient (Wildman–Crippen LogP) is 5.86. The van der Waals surface area contributed by atoms with Crippen LogP contribution in [0, 0.1) is 30.1 Å². The predicted molar refractivity (Wildman–Crippen MR) is 136 cm³/mol. The van der Waals surface area contributed by atoms with Gasteiger partial charge in [-0.15, -0.1) is 22.7 Å².